The van der Waals surface area contributed by atoms with Gasteiger partial charge in [0.1, 0.15) is 29.1 Å². The monoisotopic (exact) mass is 454 g/mol. The second-order valence-corrected chi connectivity index (χ2v) is 7.80. The second kappa shape index (κ2) is 10.2. The van der Waals surface area contributed by atoms with Crippen LogP contribution >= 0.6 is 0 Å². The van der Waals surface area contributed by atoms with Gasteiger partial charge in [-0.1, -0.05) is 39.0 Å². The zero-order chi connectivity index (χ0) is 24.1. The molecule has 33 heavy (non-hydrogen) atoms. The molecule has 2 aromatic carbocycles. The summed E-state index contributed by atoms with van der Waals surface area (Å²) >= 11 is 0. The molecule has 0 unspecified atom stereocenters. The van der Waals surface area contributed by atoms with Gasteiger partial charge in [-0.3, -0.25) is 14.4 Å². The van der Waals surface area contributed by atoms with E-state index in [1.54, 1.807) is 38.1 Å². The van der Waals surface area contributed by atoms with Gasteiger partial charge >= 0.3 is 0 Å². The highest BCUT2D eigenvalue weighted by Crippen LogP contribution is 2.20. The third-order valence-corrected chi connectivity index (χ3v) is 4.99. The quantitative estimate of drug-likeness (QED) is 0.507. The first-order valence-electron chi connectivity index (χ1n) is 10.5. The fraction of sp³-hybridized carbons (Fsp3) is 0.250. The minimum Gasteiger partial charge on any atom is -0.340 e. The maximum absolute atomic E-state index is 14.0. The number of aryl methyl sites for hydroxylation is 1. The minimum atomic E-state index is -1.05. The standard InChI is InChI=1S/C24H24F2N4O3/c1-4-15-12-19(31)29-22(27-15)14-7-5-8-16(11-14)28-24(33)21(13(2)3)30-23(32)20-17(25)9-6-10-18(20)26/h5-13,21H,4H2,1-3H3,(H,28,33)(H,30,32)(H,27,29,31)/t21-/m0/s1. The maximum atomic E-state index is 14.0. The van der Waals surface area contributed by atoms with Crippen molar-refractivity contribution in [3.8, 4) is 11.4 Å². The Labute approximate surface area is 189 Å². The fourth-order valence-corrected chi connectivity index (χ4v) is 3.25. The van der Waals surface area contributed by atoms with Crippen molar-refractivity contribution in [1.29, 1.82) is 0 Å². The molecule has 7 nitrogen and oxygen atoms in total. The van der Waals surface area contributed by atoms with Crippen LogP contribution in [0.5, 0.6) is 0 Å². The average molecular weight is 454 g/mol. The molecule has 1 aromatic heterocycles. The molecule has 9 heteroatoms. The number of carbonyl (C=O) groups excluding carboxylic acids is 2. The first-order valence-corrected chi connectivity index (χ1v) is 10.5. The molecule has 0 fully saturated rings. The summed E-state index contributed by atoms with van der Waals surface area (Å²) in [6.45, 7) is 5.28. The van der Waals surface area contributed by atoms with Crippen molar-refractivity contribution in [2.75, 3.05) is 5.32 Å². The van der Waals surface area contributed by atoms with Crippen molar-refractivity contribution >= 4 is 17.5 Å². The number of benzene rings is 2. The number of halogens is 2. The number of anilines is 1. The lowest BCUT2D eigenvalue weighted by molar-refractivity contribution is -0.118. The molecule has 0 aliphatic carbocycles. The summed E-state index contributed by atoms with van der Waals surface area (Å²) in [6, 6.07) is 10.1. The van der Waals surface area contributed by atoms with E-state index in [9.17, 15) is 23.2 Å². The highest BCUT2D eigenvalue weighted by molar-refractivity contribution is 6.01. The van der Waals surface area contributed by atoms with E-state index in [-0.39, 0.29) is 11.5 Å². The van der Waals surface area contributed by atoms with Crippen molar-refractivity contribution in [3.63, 3.8) is 0 Å². The van der Waals surface area contributed by atoms with Gasteiger partial charge in [-0.15, -0.1) is 0 Å². The number of hydrogen-bond donors (Lipinski definition) is 3. The molecule has 3 rings (SSSR count). The maximum Gasteiger partial charge on any atom is 0.257 e. The molecule has 3 N–H and O–H groups in total. The first-order chi connectivity index (χ1) is 15.7. The Bertz CT molecular complexity index is 1220. The summed E-state index contributed by atoms with van der Waals surface area (Å²) in [7, 11) is 0. The van der Waals surface area contributed by atoms with E-state index in [0.717, 1.165) is 18.2 Å². The van der Waals surface area contributed by atoms with E-state index < -0.39 is 35.1 Å². The highest BCUT2D eigenvalue weighted by Gasteiger charge is 2.27. The molecular weight excluding hydrogens is 430 g/mol. The number of amides is 2. The van der Waals surface area contributed by atoms with E-state index in [1.807, 2.05) is 6.92 Å². The summed E-state index contributed by atoms with van der Waals surface area (Å²) < 4.78 is 27.9. The smallest absolute Gasteiger partial charge is 0.257 e. The lowest BCUT2D eigenvalue weighted by atomic mass is 10.0. The van der Waals surface area contributed by atoms with Gasteiger partial charge in [-0.2, -0.15) is 0 Å². The van der Waals surface area contributed by atoms with Gasteiger partial charge in [-0.05, 0) is 36.6 Å². The molecule has 0 spiro atoms. The third-order valence-electron chi connectivity index (χ3n) is 4.99. The normalized spacial score (nSPS) is 11.8. The lowest BCUT2D eigenvalue weighted by Gasteiger charge is -2.22. The molecule has 1 atom stereocenters. The number of aromatic nitrogens is 2. The summed E-state index contributed by atoms with van der Waals surface area (Å²) in [5.41, 5.74) is 0.585. The van der Waals surface area contributed by atoms with Gasteiger partial charge in [0.2, 0.25) is 5.91 Å². The van der Waals surface area contributed by atoms with Crippen LogP contribution in [0.1, 0.15) is 36.8 Å². The summed E-state index contributed by atoms with van der Waals surface area (Å²) in [5.74, 6) is -3.62. The molecule has 0 bridgehead atoms. The lowest BCUT2D eigenvalue weighted by Crippen LogP contribution is -2.47. The number of carbonyl (C=O) groups is 2. The average Bonchev–Trinajstić information content (AvgIpc) is 2.76. The number of hydrogen-bond acceptors (Lipinski definition) is 4. The predicted octanol–water partition coefficient (Wildman–Crippen LogP) is 3.67. The number of H-pyrrole nitrogens is 1. The second-order valence-electron chi connectivity index (χ2n) is 7.80. The highest BCUT2D eigenvalue weighted by atomic mass is 19.1. The van der Waals surface area contributed by atoms with Gasteiger partial charge in [0.05, 0.1) is 0 Å². The molecule has 0 radical (unpaired) electrons. The Hall–Kier alpha value is -3.88. The molecule has 2 amide bonds. The van der Waals surface area contributed by atoms with Crippen molar-refractivity contribution in [2.24, 2.45) is 5.92 Å². The predicted molar refractivity (Wildman–Crippen MR) is 121 cm³/mol. The van der Waals surface area contributed by atoms with Crippen LogP contribution in [0.4, 0.5) is 14.5 Å². The van der Waals surface area contributed by atoms with Crippen LogP contribution in [0.3, 0.4) is 0 Å². The number of nitrogens with one attached hydrogen (secondary N) is 3. The zero-order valence-corrected chi connectivity index (χ0v) is 18.4. The molecule has 0 aliphatic heterocycles. The molecular formula is C24H24F2N4O3. The summed E-state index contributed by atoms with van der Waals surface area (Å²) in [6.07, 6.45) is 0.589. The Balaban J connectivity index is 1.81. The Morgan fingerprint density at radius 3 is 2.36 bits per heavy atom. The molecule has 172 valence electrons. The van der Waals surface area contributed by atoms with Gasteiger partial charge in [0.25, 0.3) is 11.5 Å². The van der Waals surface area contributed by atoms with Gasteiger partial charge < -0.3 is 15.6 Å². The molecule has 0 aliphatic rings. The molecule has 1 heterocycles. The first kappa shape index (κ1) is 23.8. The summed E-state index contributed by atoms with van der Waals surface area (Å²) in [4.78, 5) is 44.3. The van der Waals surface area contributed by atoms with Crippen molar-refractivity contribution in [2.45, 2.75) is 33.2 Å². The van der Waals surface area contributed by atoms with E-state index >= 15 is 0 Å². The molecule has 0 saturated heterocycles. The van der Waals surface area contributed by atoms with Crippen LogP contribution in [0.15, 0.2) is 53.3 Å². The van der Waals surface area contributed by atoms with Crippen molar-refractivity contribution in [1.82, 2.24) is 15.3 Å². The van der Waals surface area contributed by atoms with Crippen molar-refractivity contribution in [3.05, 3.63) is 81.8 Å². The number of rotatable bonds is 7. The fourth-order valence-electron chi connectivity index (χ4n) is 3.25. The van der Waals surface area contributed by atoms with Crippen molar-refractivity contribution < 1.29 is 18.4 Å². The van der Waals surface area contributed by atoms with Crippen LogP contribution in [0.2, 0.25) is 0 Å². The largest absolute Gasteiger partial charge is 0.340 e. The van der Waals surface area contributed by atoms with E-state index in [4.69, 9.17) is 0 Å². The third kappa shape index (κ3) is 5.68. The number of nitrogens with zero attached hydrogens (tertiary/aromatic N) is 1. The topological polar surface area (TPSA) is 104 Å². The van der Waals surface area contributed by atoms with Crippen LogP contribution in [-0.4, -0.2) is 27.8 Å². The van der Waals surface area contributed by atoms with Gasteiger partial charge in [-0.25, -0.2) is 13.8 Å². The van der Waals surface area contributed by atoms with Gasteiger partial charge in [0.15, 0.2) is 0 Å². The SMILES string of the molecule is CCc1cc(=O)[nH]c(-c2cccc(NC(=O)[C@@H](NC(=O)c3c(F)cccc3F)C(C)C)c2)n1. The van der Waals surface area contributed by atoms with Crippen LogP contribution in [0.25, 0.3) is 11.4 Å². The zero-order valence-electron chi connectivity index (χ0n) is 18.4. The minimum absolute atomic E-state index is 0.283. The Morgan fingerprint density at radius 1 is 1.06 bits per heavy atom. The summed E-state index contributed by atoms with van der Waals surface area (Å²) in [5, 5.41) is 5.11. The molecule has 3 aromatic rings. The van der Waals surface area contributed by atoms with E-state index in [0.29, 0.717) is 29.2 Å². The van der Waals surface area contributed by atoms with E-state index in [1.165, 1.54) is 6.07 Å². The van der Waals surface area contributed by atoms with Crippen LogP contribution < -0.4 is 16.2 Å². The van der Waals surface area contributed by atoms with Crippen LogP contribution in [0, 0.1) is 17.6 Å². The van der Waals surface area contributed by atoms with Gasteiger partial charge in [0, 0.05) is 23.0 Å². The Kier molecular flexibility index (Phi) is 7.32. The van der Waals surface area contributed by atoms with Crippen LogP contribution in [-0.2, 0) is 11.2 Å². The molecule has 0 saturated carbocycles. The number of aromatic amines is 1. The Morgan fingerprint density at radius 2 is 1.73 bits per heavy atom. The van der Waals surface area contributed by atoms with E-state index in [2.05, 4.69) is 20.6 Å².